The molecule has 1 heterocycles. The number of para-hydroxylation sites is 1. The second kappa shape index (κ2) is 3.96. The summed E-state index contributed by atoms with van der Waals surface area (Å²) in [4.78, 5) is 13.9. The van der Waals surface area contributed by atoms with Crippen molar-refractivity contribution in [2.24, 2.45) is 0 Å². The predicted molar refractivity (Wildman–Crippen MR) is 66.0 cm³/mol. The van der Waals surface area contributed by atoms with Gasteiger partial charge in [-0.25, -0.2) is 0 Å². The molecule has 0 saturated heterocycles. The summed E-state index contributed by atoms with van der Waals surface area (Å²) >= 11 is 0. The number of anilines is 1. The molecule has 84 valence electrons. The third kappa shape index (κ3) is 1.56. The predicted octanol–water partition coefficient (Wildman–Crippen LogP) is 1.48. The molecule has 1 aromatic carbocycles. The van der Waals surface area contributed by atoms with E-state index in [-0.39, 0.29) is 5.43 Å². The molecule has 2 rings (SSSR count). The van der Waals surface area contributed by atoms with Gasteiger partial charge in [0.05, 0.1) is 10.9 Å². The van der Waals surface area contributed by atoms with Gasteiger partial charge in [0.25, 0.3) is 0 Å². The van der Waals surface area contributed by atoms with Crippen molar-refractivity contribution < 1.29 is 0 Å². The lowest BCUT2D eigenvalue weighted by molar-refractivity contribution is 0.665. The van der Waals surface area contributed by atoms with Crippen molar-refractivity contribution in [2.75, 3.05) is 19.0 Å². The van der Waals surface area contributed by atoms with Crippen LogP contribution in [0.3, 0.4) is 0 Å². The maximum atomic E-state index is 12.1. The first-order valence-corrected chi connectivity index (χ1v) is 5.32. The number of hydrogen-bond donors (Lipinski definition) is 0. The van der Waals surface area contributed by atoms with Gasteiger partial charge < -0.3 is 4.90 Å². The van der Waals surface area contributed by atoms with Crippen LogP contribution in [0.15, 0.2) is 29.1 Å². The van der Waals surface area contributed by atoms with Gasteiger partial charge in [0.2, 0.25) is 5.43 Å². The van der Waals surface area contributed by atoms with Crippen LogP contribution >= 0.6 is 0 Å². The summed E-state index contributed by atoms with van der Waals surface area (Å²) in [5.74, 6) is 0.487. The number of nitrogens with zero attached hydrogens (tertiary/aromatic N) is 3. The fraction of sp³-hybridized carbons (Fsp3) is 0.333. The van der Waals surface area contributed by atoms with Gasteiger partial charge in [0, 0.05) is 20.6 Å². The molecule has 0 radical (unpaired) electrons. The number of rotatable bonds is 2. The third-order valence-corrected chi connectivity index (χ3v) is 2.57. The maximum Gasteiger partial charge on any atom is 0.232 e. The number of aromatic nitrogens is 2. The van der Waals surface area contributed by atoms with Crippen LogP contribution in [0.1, 0.15) is 6.92 Å². The Balaban J connectivity index is 2.89. The fourth-order valence-electron chi connectivity index (χ4n) is 1.76. The van der Waals surface area contributed by atoms with E-state index < -0.39 is 0 Å². The van der Waals surface area contributed by atoms with Gasteiger partial charge in [-0.1, -0.05) is 12.1 Å². The lowest BCUT2D eigenvalue weighted by Gasteiger charge is -2.14. The molecule has 2 aromatic rings. The highest BCUT2D eigenvalue weighted by Gasteiger charge is 2.10. The van der Waals surface area contributed by atoms with Crippen LogP contribution in [0.25, 0.3) is 10.9 Å². The van der Waals surface area contributed by atoms with Crippen molar-refractivity contribution in [3.63, 3.8) is 0 Å². The largest absolute Gasteiger partial charge is 0.358 e. The van der Waals surface area contributed by atoms with Gasteiger partial charge in [-0.3, -0.25) is 9.48 Å². The molecule has 0 atom stereocenters. The zero-order valence-corrected chi connectivity index (χ0v) is 9.77. The van der Waals surface area contributed by atoms with Gasteiger partial charge >= 0.3 is 0 Å². The highest BCUT2D eigenvalue weighted by atomic mass is 16.1. The first-order valence-electron chi connectivity index (χ1n) is 5.32. The Morgan fingerprint density at radius 1 is 1.31 bits per heavy atom. The van der Waals surface area contributed by atoms with E-state index in [9.17, 15) is 4.79 Å². The van der Waals surface area contributed by atoms with Crippen LogP contribution in [0.4, 0.5) is 5.82 Å². The van der Waals surface area contributed by atoms with Gasteiger partial charge in [0.1, 0.15) is 0 Å². The van der Waals surface area contributed by atoms with E-state index in [2.05, 4.69) is 5.10 Å². The third-order valence-electron chi connectivity index (χ3n) is 2.57. The van der Waals surface area contributed by atoms with Crippen LogP contribution < -0.4 is 10.3 Å². The molecule has 0 fully saturated rings. The van der Waals surface area contributed by atoms with Crippen LogP contribution in [0.5, 0.6) is 0 Å². The molecule has 0 saturated carbocycles. The summed E-state index contributed by atoms with van der Waals surface area (Å²) in [6, 6.07) is 7.57. The Labute approximate surface area is 94.1 Å². The van der Waals surface area contributed by atoms with E-state index in [1.807, 2.05) is 50.0 Å². The Morgan fingerprint density at radius 3 is 2.62 bits per heavy atom. The van der Waals surface area contributed by atoms with Crippen LogP contribution in [-0.4, -0.2) is 23.9 Å². The molecule has 0 aliphatic heterocycles. The zero-order valence-electron chi connectivity index (χ0n) is 9.77. The normalized spacial score (nSPS) is 10.7. The summed E-state index contributed by atoms with van der Waals surface area (Å²) in [6.45, 7) is 2.77. The minimum Gasteiger partial charge on any atom is -0.358 e. The standard InChI is InChI=1S/C12H15N3O/c1-4-15-10-8-6-5-7-9(10)11(16)12(13-15)14(2)3/h5-8H,4H2,1-3H3. The van der Waals surface area contributed by atoms with Crippen LogP contribution in [0.2, 0.25) is 0 Å². The molecule has 4 nitrogen and oxygen atoms in total. The first kappa shape index (κ1) is 10.7. The molecule has 1 aromatic heterocycles. The average Bonchev–Trinajstić information content (AvgIpc) is 2.29. The van der Waals surface area contributed by atoms with E-state index >= 15 is 0 Å². The smallest absolute Gasteiger partial charge is 0.232 e. The lowest BCUT2D eigenvalue weighted by Crippen LogP contribution is -2.24. The van der Waals surface area contributed by atoms with Crippen molar-refractivity contribution in [1.82, 2.24) is 9.78 Å². The van der Waals surface area contributed by atoms with E-state index in [1.54, 1.807) is 4.90 Å². The van der Waals surface area contributed by atoms with Crippen molar-refractivity contribution in [3.8, 4) is 0 Å². The number of hydrogen-bond acceptors (Lipinski definition) is 3. The average molecular weight is 217 g/mol. The van der Waals surface area contributed by atoms with Crippen LogP contribution in [-0.2, 0) is 6.54 Å². The SMILES string of the molecule is CCn1nc(N(C)C)c(=O)c2ccccc21. The van der Waals surface area contributed by atoms with Gasteiger partial charge in [-0.2, -0.15) is 5.10 Å². The van der Waals surface area contributed by atoms with E-state index in [1.165, 1.54) is 0 Å². The molecular weight excluding hydrogens is 202 g/mol. The summed E-state index contributed by atoms with van der Waals surface area (Å²) in [7, 11) is 3.66. The maximum absolute atomic E-state index is 12.1. The summed E-state index contributed by atoms with van der Waals surface area (Å²) in [5, 5.41) is 5.07. The summed E-state index contributed by atoms with van der Waals surface area (Å²) in [6.07, 6.45) is 0. The summed E-state index contributed by atoms with van der Waals surface area (Å²) < 4.78 is 1.85. The second-order valence-electron chi connectivity index (χ2n) is 3.88. The monoisotopic (exact) mass is 217 g/mol. The molecule has 0 amide bonds. The minimum atomic E-state index is -0.00898. The highest BCUT2D eigenvalue weighted by Crippen LogP contribution is 2.12. The molecule has 16 heavy (non-hydrogen) atoms. The Morgan fingerprint density at radius 2 is 2.00 bits per heavy atom. The van der Waals surface area contributed by atoms with Gasteiger partial charge in [-0.05, 0) is 19.1 Å². The molecule has 0 N–H and O–H groups in total. The van der Waals surface area contributed by atoms with Gasteiger partial charge in [0.15, 0.2) is 5.82 Å². The lowest BCUT2D eigenvalue weighted by atomic mass is 10.2. The Kier molecular flexibility index (Phi) is 2.64. The second-order valence-corrected chi connectivity index (χ2v) is 3.88. The van der Waals surface area contributed by atoms with Crippen molar-refractivity contribution in [2.45, 2.75) is 13.5 Å². The number of aryl methyl sites for hydroxylation is 1. The van der Waals surface area contributed by atoms with E-state index in [0.717, 1.165) is 17.4 Å². The number of fused-ring (bicyclic) bond motifs is 1. The molecule has 0 spiro atoms. The molecule has 0 aliphatic rings. The molecule has 0 aliphatic carbocycles. The van der Waals surface area contributed by atoms with E-state index in [0.29, 0.717) is 5.82 Å². The van der Waals surface area contributed by atoms with Gasteiger partial charge in [-0.15, -0.1) is 0 Å². The molecule has 4 heteroatoms. The molecule has 0 unspecified atom stereocenters. The zero-order chi connectivity index (χ0) is 11.7. The van der Waals surface area contributed by atoms with Crippen molar-refractivity contribution in [3.05, 3.63) is 34.5 Å². The number of benzene rings is 1. The fourth-order valence-corrected chi connectivity index (χ4v) is 1.76. The molecule has 0 bridgehead atoms. The molecular formula is C12H15N3O. The van der Waals surface area contributed by atoms with Crippen molar-refractivity contribution >= 4 is 16.7 Å². The van der Waals surface area contributed by atoms with Crippen LogP contribution in [0, 0.1) is 0 Å². The highest BCUT2D eigenvalue weighted by molar-refractivity contribution is 5.80. The van der Waals surface area contributed by atoms with E-state index in [4.69, 9.17) is 0 Å². The quantitative estimate of drug-likeness (QED) is 0.764. The Bertz CT molecular complexity index is 572. The Hall–Kier alpha value is -1.84. The summed E-state index contributed by atoms with van der Waals surface area (Å²) in [5.41, 5.74) is 0.880. The minimum absolute atomic E-state index is 0.00898. The topological polar surface area (TPSA) is 38.1 Å². The first-order chi connectivity index (χ1) is 7.65. The van der Waals surface area contributed by atoms with Crippen molar-refractivity contribution in [1.29, 1.82) is 0 Å².